The van der Waals surface area contributed by atoms with Gasteiger partial charge in [-0.3, -0.25) is 9.79 Å². The molecule has 122 valence electrons. The highest BCUT2D eigenvalue weighted by Gasteiger charge is 2.44. The maximum atomic E-state index is 13.0. The molecular formula is C21H21NOS. The van der Waals surface area contributed by atoms with Crippen molar-refractivity contribution in [2.24, 2.45) is 16.3 Å². The van der Waals surface area contributed by atoms with Gasteiger partial charge in [-0.25, -0.2) is 0 Å². The van der Waals surface area contributed by atoms with Crippen LogP contribution in [0.25, 0.3) is 0 Å². The molecule has 2 aliphatic rings. The molecule has 0 aromatic heterocycles. The third kappa shape index (κ3) is 2.82. The van der Waals surface area contributed by atoms with Crippen molar-refractivity contribution in [3.63, 3.8) is 0 Å². The predicted octanol–water partition coefficient (Wildman–Crippen LogP) is 5.61. The lowest BCUT2D eigenvalue weighted by Crippen LogP contribution is -2.39. The highest BCUT2D eigenvalue weighted by atomic mass is 32.2. The number of rotatable bonds is 1. The van der Waals surface area contributed by atoms with E-state index in [1.54, 1.807) is 11.8 Å². The quantitative estimate of drug-likeness (QED) is 0.677. The number of hydrogen-bond acceptors (Lipinski definition) is 3. The van der Waals surface area contributed by atoms with E-state index in [9.17, 15) is 4.79 Å². The monoisotopic (exact) mass is 335 g/mol. The van der Waals surface area contributed by atoms with Gasteiger partial charge in [0.25, 0.3) is 0 Å². The van der Waals surface area contributed by atoms with E-state index < -0.39 is 0 Å². The Morgan fingerprint density at radius 1 is 1.00 bits per heavy atom. The molecule has 0 N–H and O–H groups in total. The molecule has 0 saturated heterocycles. The summed E-state index contributed by atoms with van der Waals surface area (Å²) in [5.74, 6) is 0.219. The predicted molar refractivity (Wildman–Crippen MR) is 100 cm³/mol. The minimum Gasteiger partial charge on any atom is -0.299 e. The fourth-order valence-electron chi connectivity index (χ4n) is 3.79. The molecule has 4 rings (SSSR count). The normalized spacial score (nSPS) is 25.2. The molecule has 2 atom stereocenters. The van der Waals surface area contributed by atoms with E-state index in [1.807, 2.05) is 12.1 Å². The molecule has 0 amide bonds. The van der Waals surface area contributed by atoms with Crippen LogP contribution in [0.4, 0.5) is 5.69 Å². The van der Waals surface area contributed by atoms with E-state index >= 15 is 0 Å². The zero-order chi connectivity index (χ0) is 16.7. The first kappa shape index (κ1) is 15.6. The molecule has 1 aliphatic heterocycles. The van der Waals surface area contributed by atoms with Gasteiger partial charge in [0, 0.05) is 22.3 Å². The number of nitrogens with zero attached hydrogens (tertiary/aromatic N) is 1. The lowest BCUT2D eigenvalue weighted by molar-refractivity contribution is -0.123. The number of fused-ring (bicyclic) bond motifs is 2. The van der Waals surface area contributed by atoms with Gasteiger partial charge in [0.2, 0.25) is 0 Å². The average Bonchev–Trinajstić information content (AvgIpc) is 2.70. The molecule has 3 heteroatoms. The first-order valence-corrected chi connectivity index (χ1v) is 9.32. The zero-order valence-electron chi connectivity index (χ0n) is 14.0. The molecule has 0 spiro atoms. The number of carbonyl (C=O) groups is 1. The van der Waals surface area contributed by atoms with Crippen LogP contribution in [0.3, 0.4) is 0 Å². The Morgan fingerprint density at radius 2 is 1.71 bits per heavy atom. The molecule has 2 aromatic rings. The van der Waals surface area contributed by atoms with Crippen LogP contribution in [0.5, 0.6) is 0 Å². The smallest absolute Gasteiger partial charge is 0.143 e. The molecule has 24 heavy (non-hydrogen) atoms. The molecule has 1 saturated carbocycles. The first-order chi connectivity index (χ1) is 11.5. The Kier molecular flexibility index (Phi) is 3.84. The number of Topliss-reactive ketones (excluding diaryl/α,β-unsaturated/α-hetero) is 1. The Hall–Kier alpha value is -1.87. The van der Waals surface area contributed by atoms with Gasteiger partial charge in [-0.15, -0.1) is 11.8 Å². The second-order valence-corrected chi connectivity index (χ2v) is 8.67. The van der Waals surface area contributed by atoms with Crippen LogP contribution >= 0.6 is 11.8 Å². The molecule has 0 radical (unpaired) electrons. The lowest BCUT2D eigenvalue weighted by atomic mass is 9.69. The van der Waals surface area contributed by atoms with Gasteiger partial charge in [-0.05, 0) is 29.5 Å². The van der Waals surface area contributed by atoms with Crippen molar-refractivity contribution in [3.8, 4) is 0 Å². The Bertz CT molecular complexity index is 810. The van der Waals surface area contributed by atoms with Crippen molar-refractivity contribution in [2.45, 2.75) is 36.8 Å². The lowest BCUT2D eigenvalue weighted by Gasteiger charge is -2.37. The van der Waals surface area contributed by atoms with Crippen molar-refractivity contribution in [3.05, 3.63) is 60.2 Å². The maximum absolute atomic E-state index is 13.0. The number of carbonyl (C=O) groups excluding carboxylic acids is 1. The summed E-state index contributed by atoms with van der Waals surface area (Å²) >= 11 is 1.79. The van der Waals surface area contributed by atoms with Gasteiger partial charge in [0.05, 0.1) is 11.6 Å². The Balaban J connectivity index is 1.87. The molecule has 0 bridgehead atoms. The summed E-state index contributed by atoms with van der Waals surface area (Å²) in [6.07, 6.45) is 1.53. The third-order valence-corrected chi connectivity index (χ3v) is 6.23. The van der Waals surface area contributed by atoms with E-state index in [-0.39, 0.29) is 16.6 Å². The second-order valence-electron chi connectivity index (χ2n) is 7.48. The van der Waals surface area contributed by atoms with Gasteiger partial charge in [0.1, 0.15) is 5.78 Å². The van der Waals surface area contributed by atoms with Gasteiger partial charge in [-0.2, -0.15) is 0 Å². The van der Waals surface area contributed by atoms with E-state index in [1.165, 1.54) is 10.5 Å². The summed E-state index contributed by atoms with van der Waals surface area (Å²) in [6.45, 7) is 4.34. The van der Waals surface area contributed by atoms with Crippen molar-refractivity contribution >= 4 is 28.9 Å². The fourth-order valence-corrected chi connectivity index (χ4v) is 5.20. The highest BCUT2D eigenvalue weighted by molar-refractivity contribution is 7.99. The van der Waals surface area contributed by atoms with Gasteiger partial charge < -0.3 is 0 Å². The first-order valence-electron chi connectivity index (χ1n) is 8.44. The summed E-state index contributed by atoms with van der Waals surface area (Å²) in [5, 5.41) is 0.109. The number of aliphatic imine (C=N–C) groups is 1. The minimum atomic E-state index is -0.113. The average molecular weight is 335 g/mol. The van der Waals surface area contributed by atoms with E-state index in [0.29, 0.717) is 12.2 Å². The molecular weight excluding hydrogens is 314 g/mol. The zero-order valence-corrected chi connectivity index (χ0v) is 14.8. The summed E-state index contributed by atoms with van der Waals surface area (Å²) in [6, 6.07) is 18.7. The van der Waals surface area contributed by atoms with E-state index in [4.69, 9.17) is 4.99 Å². The van der Waals surface area contributed by atoms with Crippen LogP contribution in [0, 0.1) is 11.3 Å². The van der Waals surface area contributed by atoms with Crippen LogP contribution in [0.2, 0.25) is 0 Å². The fraction of sp³-hybridized carbons (Fsp3) is 0.333. The standard InChI is InChI=1S/C21H21NOS/c1-21(2)12-16-19(17(23)13-21)20(14-8-4-3-5-9-14)24-18-11-7-6-10-15(18)22-16/h3-11,19-20H,12-13H2,1-2H3/t19-,20-/m1/s1. The van der Waals surface area contributed by atoms with Crippen molar-refractivity contribution in [1.29, 1.82) is 0 Å². The van der Waals surface area contributed by atoms with Crippen LogP contribution in [0.15, 0.2) is 64.5 Å². The van der Waals surface area contributed by atoms with Crippen LogP contribution in [0.1, 0.15) is 37.5 Å². The van der Waals surface area contributed by atoms with Gasteiger partial charge in [0.15, 0.2) is 0 Å². The van der Waals surface area contributed by atoms with Crippen LogP contribution in [-0.4, -0.2) is 11.5 Å². The van der Waals surface area contributed by atoms with Gasteiger partial charge in [-0.1, -0.05) is 56.3 Å². The van der Waals surface area contributed by atoms with E-state index in [2.05, 4.69) is 56.3 Å². The SMILES string of the molecule is CC1(C)CC(=O)[C@H]2C(=Nc3ccccc3S[C@@H]2c2ccccc2)C1. The van der Waals surface area contributed by atoms with E-state index in [0.717, 1.165) is 17.8 Å². The van der Waals surface area contributed by atoms with Crippen LogP contribution < -0.4 is 0 Å². The number of benzene rings is 2. The maximum Gasteiger partial charge on any atom is 0.143 e. The Morgan fingerprint density at radius 3 is 2.50 bits per heavy atom. The minimum absolute atomic E-state index is 0.00238. The topological polar surface area (TPSA) is 29.4 Å². The number of para-hydroxylation sites is 1. The number of thioether (sulfide) groups is 1. The summed E-state index contributed by atoms with van der Waals surface area (Å²) in [7, 11) is 0. The highest BCUT2D eigenvalue weighted by Crippen LogP contribution is 2.51. The number of ketones is 1. The summed E-state index contributed by atoms with van der Waals surface area (Å²) in [4.78, 5) is 19.2. The molecule has 1 fully saturated rings. The Labute approximate surface area is 147 Å². The molecule has 1 heterocycles. The summed E-state index contributed by atoms with van der Waals surface area (Å²) in [5.41, 5.74) is 3.27. The largest absolute Gasteiger partial charge is 0.299 e. The molecule has 0 unspecified atom stereocenters. The van der Waals surface area contributed by atoms with Crippen molar-refractivity contribution in [2.75, 3.05) is 0 Å². The second kappa shape index (κ2) is 5.89. The summed E-state index contributed by atoms with van der Waals surface area (Å²) < 4.78 is 0. The molecule has 2 nitrogen and oxygen atoms in total. The van der Waals surface area contributed by atoms with Crippen molar-refractivity contribution < 1.29 is 4.79 Å². The third-order valence-electron chi connectivity index (χ3n) is 4.83. The molecule has 2 aromatic carbocycles. The number of hydrogen-bond donors (Lipinski definition) is 0. The van der Waals surface area contributed by atoms with Crippen molar-refractivity contribution in [1.82, 2.24) is 0 Å². The van der Waals surface area contributed by atoms with Gasteiger partial charge >= 0.3 is 0 Å². The molecule has 1 aliphatic carbocycles. The van der Waals surface area contributed by atoms with Crippen LogP contribution in [-0.2, 0) is 4.79 Å².